The van der Waals surface area contributed by atoms with E-state index in [1.807, 2.05) is 0 Å². The smallest absolute Gasteiger partial charge is 0.366 e. The van der Waals surface area contributed by atoms with Gasteiger partial charge in [-0.25, -0.2) is 12.8 Å². The summed E-state index contributed by atoms with van der Waals surface area (Å²) in [5, 5.41) is -0.329. The number of benzene rings is 1. The number of nitrogens with zero attached hydrogens (tertiary/aromatic N) is 2. The van der Waals surface area contributed by atoms with Crippen molar-refractivity contribution in [2.45, 2.75) is 55.3 Å². The van der Waals surface area contributed by atoms with Gasteiger partial charge in [0.15, 0.2) is 0 Å². The Morgan fingerprint density at radius 1 is 1.07 bits per heavy atom. The maximum Gasteiger partial charge on any atom is 0.398 e. The van der Waals surface area contributed by atoms with Crippen LogP contribution in [0.2, 0.25) is 0 Å². The summed E-state index contributed by atoms with van der Waals surface area (Å²) < 4.78 is 79.3. The fourth-order valence-electron chi connectivity index (χ4n) is 3.96. The summed E-state index contributed by atoms with van der Waals surface area (Å²) in [7, 11) is -3.36. The van der Waals surface area contributed by atoms with Gasteiger partial charge in [-0.2, -0.15) is 17.5 Å². The van der Waals surface area contributed by atoms with E-state index in [1.165, 1.54) is 16.4 Å². The Morgan fingerprint density at radius 3 is 2.28 bits per heavy atom. The molecule has 4 nitrogen and oxygen atoms in total. The molecule has 164 valence electrons. The van der Waals surface area contributed by atoms with E-state index in [2.05, 4.69) is 0 Å². The summed E-state index contributed by atoms with van der Waals surface area (Å²) in [6.45, 7) is 2.74. The summed E-state index contributed by atoms with van der Waals surface area (Å²) >= 11 is 0.640. The highest BCUT2D eigenvalue weighted by Gasteiger charge is 2.35. The number of hydrogen-bond donors (Lipinski definition) is 0. The molecular formula is C19H26F4N2O2S2. The van der Waals surface area contributed by atoms with E-state index in [1.54, 1.807) is 11.8 Å². The van der Waals surface area contributed by atoms with Gasteiger partial charge in [0.2, 0.25) is 10.0 Å². The molecule has 2 aliphatic rings. The Morgan fingerprint density at radius 2 is 1.69 bits per heavy atom. The van der Waals surface area contributed by atoms with E-state index in [0.717, 1.165) is 19.3 Å². The SMILES string of the molecule is Cc1cc(F)c(N2CCN(S(=O)(=O)C3CCCCC3)CC2)cc1SCC(F)(F)F. The second kappa shape index (κ2) is 9.01. The van der Waals surface area contributed by atoms with Crippen LogP contribution in [0.5, 0.6) is 0 Å². The monoisotopic (exact) mass is 454 g/mol. The summed E-state index contributed by atoms with van der Waals surface area (Å²) in [4.78, 5) is 2.11. The maximum absolute atomic E-state index is 14.5. The number of alkyl halides is 3. The predicted octanol–water partition coefficient (Wildman–Crippen LogP) is 4.57. The zero-order valence-electron chi connectivity index (χ0n) is 16.3. The molecule has 1 aliphatic heterocycles. The fraction of sp³-hybridized carbons (Fsp3) is 0.684. The minimum atomic E-state index is -4.30. The van der Waals surface area contributed by atoms with Crippen LogP contribution in [0.4, 0.5) is 23.2 Å². The maximum atomic E-state index is 14.5. The predicted molar refractivity (Wildman–Crippen MR) is 107 cm³/mol. The van der Waals surface area contributed by atoms with Crippen molar-refractivity contribution in [1.29, 1.82) is 0 Å². The quantitative estimate of drug-likeness (QED) is 0.483. The lowest BCUT2D eigenvalue weighted by Crippen LogP contribution is -2.51. The van der Waals surface area contributed by atoms with Gasteiger partial charge in [-0.05, 0) is 37.5 Å². The molecule has 0 atom stereocenters. The normalized spacial score (nSPS) is 20.2. The van der Waals surface area contributed by atoms with Crippen molar-refractivity contribution in [3.8, 4) is 0 Å². The summed E-state index contributed by atoms with van der Waals surface area (Å²) in [6.07, 6.45) is 0.00339. The van der Waals surface area contributed by atoms with Crippen LogP contribution in [0.3, 0.4) is 0 Å². The molecule has 1 aromatic rings. The van der Waals surface area contributed by atoms with Gasteiger partial charge in [0.1, 0.15) is 5.82 Å². The Hall–Kier alpha value is -1.00. The average molecular weight is 455 g/mol. The van der Waals surface area contributed by atoms with Crippen molar-refractivity contribution in [3.63, 3.8) is 0 Å². The molecule has 0 radical (unpaired) electrons. The largest absolute Gasteiger partial charge is 0.398 e. The fourth-order valence-corrected chi connectivity index (χ4v) is 6.78. The molecule has 1 saturated carbocycles. The van der Waals surface area contributed by atoms with E-state index in [-0.39, 0.29) is 24.0 Å². The van der Waals surface area contributed by atoms with Crippen molar-refractivity contribution in [2.24, 2.45) is 0 Å². The number of piperazine rings is 1. The molecule has 0 spiro atoms. The van der Waals surface area contributed by atoms with Gasteiger partial charge in [0.25, 0.3) is 0 Å². The standard InChI is InChI=1S/C19H26F4N2O2S2/c1-14-11-16(20)17(12-18(14)28-13-19(21,22)23)24-7-9-25(10-8-24)29(26,27)15-5-3-2-4-6-15/h11-12,15H,2-10,13H2,1H3. The second-order valence-corrected chi connectivity index (χ2v) is 10.9. The van der Waals surface area contributed by atoms with Crippen molar-refractivity contribution >= 4 is 27.5 Å². The molecular weight excluding hydrogens is 428 g/mol. The lowest BCUT2D eigenvalue weighted by atomic mass is 10.0. The Balaban J connectivity index is 1.68. The Labute approximate surface area is 173 Å². The lowest BCUT2D eigenvalue weighted by molar-refractivity contribution is -0.105. The molecule has 0 unspecified atom stereocenters. The van der Waals surface area contributed by atoms with Crippen LogP contribution in [0.1, 0.15) is 37.7 Å². The first-order chi connectivity index (χ1) is 13.6. The Bertz CT molecular complexity index is 816. The van der Waals surface area contributed by atoms with Gasteiger partial charge in [-0.3, -0.25) is 0 Å². The third-order valence-electron chi connectivity index (χ3n) is 5.55. The summed E-state index contributed by atoms with van der Waals surface area (Å²) in [5.74, 6) is -1.53. The van der Waals surface area contributed by atoms with Crippen LogP contribution in [-0.4, -0.2) is 56.1 Å². The van der Waals surface area contributed by atoms with E-state index in [9.17, 15) is 26.0 Å². The summed E-state index contributed by atoms with van der Waals surface area (Å²) in [6, 6.07) is 2.70. The highest BCUT2D eigenvalue weighted by molar-refractivity contribution is 7.99. The number of rotatable bonds is 5. The second-order valence-electron chi connectivity index (χ2n) is 7.66. The number of halogens is 4. The first-order valence-electron chi connectivity index (χ1n) is 9.81. The average Bonchev–Trinajstić information content (AvgIpc) is 2.67. The van der Waals surface area contributed by atoms with Crippen LogP contribution in [0.15, 0.2) is 17.0 Å². The van der Waals surface area contributed by atoms with Gasteiger partial charge in [-0.15, -0.1) is 11.8 Å². The van der Waals surface area contributed by atoms with E-state index < -0.39 is 27.8 Å². The highest BCUT2D eigenvalue weighted by atomic mass is 32.2. The molecule has 1 saturated heterocycles. The van der Waals surface area contributed by atoms with E-state index >= 15 is 0 Å². The molecule has 10 heteroatoms. The molecule has 0 N–H and O–H groups in total. The molecule has 1 aromatic carbocycles. The van der Waals surface area contributed by atoms with Crippen molar-refractivity contribution < 1.29 is 26.0 Å². The first-order valence-corrected chi connectivity index (χ1v) is 12.3. The van der Waals surface area contributed by atoms with Crippen LogP contribution < -0.4 is 4.90 Å². The molecule has 2 fully saturated rings. The van der Waals surface area contributed by atoms with Gasteiger partial charge < -0.3 is 4.90 Å². The lowest BCUT2D eigenvalue weighted by Gasteiger charge is -2.38. The van der Waals surface area contributed by atoms with Crippen LogP contribution >= 0.6 is 11.8 Å². The minimum absolute atomic E-state index is 0.231. The topological polar surface area (TPSA) is 40.6 Å². The molecule has 0 aromatic heterocycles. The molecule has 0 bridgehead atoms. The molecule has 1 aliphatic carbocycles. The number of sulfonamides is 1. The number of aryl methyl sites for hydroxylation is 1. The molecule has 29 heavy (non-hydrogen) atoms. The van der Waals surface area contributed by atoms with E-state index in [0.29, 0.717) is 48.2 Å². The van der Waals surface area contributed by atoms with Crippen LogP contribution in [0.25, 0.3) is 0 Å². The number of hydrogen-bond acceptors (Lipinski definition) is 4. The number of anilines is 1. The molecule has 0 amide bonds. The van der Waals surface area contributed by atoms with Gasteiger partial charge in [-0.1, -0.05) is 19.3 Å². The van der Waals surface area contributed by atoms with Crippen molar-refractivity contribution in [1.82, 2.24) is 4.31 Å². The first kappa shape index (κ1) is 22.7. The van der Waals surface area contributed by atoms with Gasteiger partial charge >= 0.3 is 6.18 Å². The third kappa shape index (κ3) is 5.58. The number of thioether (sulfide) groups is 1. The minimum Gasteiger partial charge on any atom is -0.366 e. The molecule has 1 heterocycles. The van der Waals surface area contributed by atoms with Crippen LogP contribution in [0, 0.1) is 12.7 Å². The van der Waals surface area contributed by atoms with Crippen molar-refractivity contribution in [3.05, 3.63) is 23.5 Å². The van der Waals surface area contributed by atoms with Crippen molar-refractivity contribution in [2.75, 3.05) is 36.8 Å². The van der Waals surface area contributed by atoms with Gasteiger partial charge in [0.05, 0.1) is 16.7 Å². The molecule has 3 rings (SSSR count). The zero-order valence-corrected chi connectivity index (χ0v) is 18.0. The van der Waals surface area contributed by atoms with Crippen LogP contribution in [-0.2, 0) is 10.0 Å². The Kier molecular flexibility index (Phi) is 7.05. The summed E-state index contributed by atoms with van der Waals surface area (Å²) in [5.41, 5.74) is 0.689. The third-order valence-corrected chi connectivity index (χ3v) is 9.17. The highest BCUT2D eigenvalue weighted by Crippen LogP contribution is 2.34. The van der Waals surface area contributed by atoms with E-state index in [4.69, 9.17) is 0 Å². The zero-order chi connectivity index (χ0) is 21.2. The van der Waals surface area contributed by atoms with Gasteiger partial charge in [0, 0.05) is 31.1 Å².